The Kier molecular flexibility index (Phi) is 3.95. The van der Waals surface area contributed by atoms with Crippen LogP contribution in [-0.2, 0) is 0 Å². The summed E-state index contributed by atoms with van der Waals surface area (Å²) < 4.78 is 2.93. The molecule has 120 valence electrons. The Morgan fingerprint density at radius 3 is 2.71 bits per heavy atom. The molecule has 0 unspecified atom stereocenters. The number of fused-ring (bicyclic) bond motifs is 1. The molecule has 3 heterocycles. The van der Waals surface area contributed by atoms with E-state index < -0.39 is 0 Å². The Morgan fingerprint density at radius 2 is 1.96 bits per heavy atom. The average Bonchev–Trinajstić information content (AvgIpc) is 3.26. The van der Waals surface area contributed by atoms with Gasteiger partial charge in [0.05, 0.1) is 5.69 Å². The van der Waals surface area contributed by atoms with E-state index in [-0.39, 0.29) is 5.91 Å². The van der Waals surface area contributed by atoms with Gasteiger partial charge >= 0.3 is 0 Å². The highest BCUT2D eigenvalue weighted by atomic mass is 79.9. The first-order valence-electron chi connectivity index (χ1n) is 7.06. The van der Waals surface area contributed by atoms with Gasteiger partial charge in [-0.05, 0) is 19.1 Å². The third-order valence-electron chi connectivity index (χ3n) is 3.49. The lowest BCUT2D eigenvalue weighted by atomic mass is 10.2. The molecule has 1 N–H and O–H groups in total. The molecule has 0 aliphatic carbocycles. The minimum absolute atomic E-state index is 0.248. The minimum atomic E-state index is -0.248. The molecule has 0 bridgehead atoms. The number of carbonyl (C=O) groups is 1. The zero-order chi connectivity index (χ0) is 16.7. The van der Waals surface area contributed by atoms with Gasteiger partial charge in [0.25, 0.3) is 5.91 Å². The summed E-state index contributed by atoms with van der Waals surface area (Å²) in [5.74, 6) is -0.248. The highest BCUT2D eigenvalue weighted by Gasteiger charge is 2.15. The molecule has 4 aromatic rings. The summed E-state index contributed by atoms with van der Waals surface area (Å²) in [4.78, 5) is 22.0. The Labute approximate surface area is 154 Å². The zero-order valence-electron chi connectivity index (χ0n) is 12.5. The first kappa shape index (κ1) is 15.5. The highest BCUT2D eigenvalue weighted by Crippen LogP contribution is 2.26. The fraction of sp³-hybridized carbons (Fsp3) is 0.0625. The summed E-state index contributed by atoms with van der Waals surface area (Å²) in [6.07, 6.45) is 1.75. The molecule has 0 aliphatic heterocycles. The molecule has 0 aliphatic rings. The number of aromatic nitrogens is 3. The van der Waals surface area contributed by atoms with E-state index in [1.165, 1.54) is 22.7 Å². The van der Waals surface area contributed by atoms with Crippen molar-refractivity contribution >= 4 is 54.6 Å². The fourth-order valence-corrected chi connectivity index (χ4v) is 4.08. The Balaban J connectivity index is 1.54. The number of nitrogens with one attached hydrogen (secondary N) is 1. The van der Waals surface area contributed by atoms with Crippen molar-refractivity contribution in [1.29, 1.82) is 0 Å². The lowest BCUT2D eigenvalue weighted by Crippen LogP contribution is -2.12. The van der Waals surface area contributed by atoms with Crippen LogP contribution < -0.4 is 5.32 Å². The Hall–Kier alpha value is -2.03. The van der Waals surface area contributed by atoms with Gasteiger partial charge in [0.2, 0.25) is 0 Å². The molecule has 0 spiro atoms. The predicted molar refractivity (Wildman–Crippen MR) is 101 cm³/mol. The van der Waals surface area contributed by atoms with Crippen LogP contribution in [0.5, 0.6) is 0 Å². The van der Waals surface area contributed by atoms with Gasteiger partial charge in [0.1, 0.15) is 5.69 Å². The number of anilines is 1. The van der Waals surface area contributed by atoms with Gasteiger partial charge in [-0.2, -0.15) is 0 Å². The van der Waals surface area contributed by atoms with Crippen LogP contribution in [0.3, 0.4) is 0 Å². The van der Waals surface area contributed by atoms with E-state index in [0.29, 0.717) is 10.8 Å². The monoisotopic (exact) mass is 418 g/mol. The largest absolute Gasteiger partial charge is 0.296 e. The lowest BCUT2D eigenvalue weighted by Gasteiger charge is -1.98. The predicted octanol–water partition coefficient (Wildman–Crippen LogP) is 4.84. The summed E-state index contributed by atoms with van der Waals surface area (Å²) in [7, 11) is 0. The van der Waals surface area contributed by atoms with Crippen molar-refractivity contribution in [2.75, 3.05) is 5.32 Å². The van der Waals surface area contributed by atoms with Crippen molar-refractivity contribution in [3.63, 3.8) is 0 Å². The molecule has 0 radical (unpaired) electrons. The van der Waals surface area contributed by atoms with Gasteiger partial charge in [-0.3, -0.25) is 14.5 Å². The third-order valence-corrected chi connectivity index (χ3v) is 5.73. The first-order valence-corrected chi connectivity index (χ1v) is 9.61. The standard InChI is InChI=1S/C16H11BrN4OS2/c1-9-7-24-16-19-12(6-21(9)16)14(22)20-15-18-13(8-23-15)10-2-4-11(17)5-3-10/h2-8H,1H3,(H,18,20,22). The molecule has 0 saturated carbocycles. The van der Waals surface area contributed by atoms with Crippen LogP contribution in [0.15, 0.2) is 45.7 Å². The summed E-state index contributed by atoms with van der Waals surface area (Å²) in [5.41, 5.74) is 3.30. The maximum Gasteiger partial charge on any atom is 0.277 e. The molecular formula is C16H11BrN4OS2. The molecule has 8 heteroatoms. The van der Waals surface area contributed by atoms with Gasteiger partial charge < -0.3 is 0 Å². The molecule has 1 amide bonds. The maximum absolute atomic E-state index is 12.4. The molecular weight excluding hydrogens is 408 g/mol. The maximum atomic E-state index is 12.4. The van der Waals surface area contributed by atoms with Gasteiger partial charge in [-0.15, -0.1) is 22.7 Å². The van der Waals surface area contributed by atoms with Crippen LogP contribution in [0.25, 0.3) is 16.2 Å². The van der Waals surface area contributed by atoms with E-state index in [9.17, 15) is 4.79 Å². The molecule has 0 atom stereocenters. The van der Waals surface area contributed by atoms with Crippen LogP contribution in [0, 0.1) is 6.92 Å². The van der Waals surface area contributed by atoms with E-state index in [1.807, 2.05) is 46.4 Å². The van der Waals surface area contributed by atoms with Crippen LogP contribution in [0.1, 0.15) is 16.2 Å². The minimum Gasteiger partial charge on any atom is -0.296 e. The second-order valence-electron chi connectivity index (χ2n) is 5.15. The van der Waals surface area contributed by atoms with E-state index in [0.717, 1.165) is 26.4 Å². The van der Waals surface area contributed by atoms with Gasteiger partial charge in [-0.25, -0.2) is 9.97 Å². The number of thiazole rings is 2. The number of benzene rings is 1. The lowest BCUT2D eigenvalue weighted by molar-refractivity contribution is 0.102. The molecule has 1 aromatic carbocycles. The van der Waals surface area contributed by atoms with Crippen LogP contribution in [0.4, 0.5) is 5.13 Å². The topological polar surface area (TPSA) is 59.3 Å². The molecule has 3 aromatic heterocycles. The summed E-state index contributed by atoms with van der Waals surface area (Å²) in [6.45, 7) is 1.98. The Morgan fingerprint density at radius 1 is 1.17 bits per heavy atom. The third kappa shape index (κ3) is 2.88. The average molecular weight is 419 g/mol. The molecule has 5 nitrogen and oxygen atoms in total. The number of halogens is 1. The van der Waals surface area contributed by atoms with Crippen molar-refractivity contribution in [2.24, 2.45) is 0 Å². The van der Waals surface area contributed by atoms with Gasteiger partial charge in [0.15, 0.2) is 10.1 Å². The molecule has 4 rings (SSSR count). The number of hydrogen-bond acceptors (Lipinski definition) is 5. The smallest absolute Gasteiger partial charge is 0.277 e. The van der Waals surface area contributed by atoms with Crippen molar-refractivity contribution in [3.8, 4) is 11.3 Å². The van der Waals surface area contributed by atoms with Crippen LogP contribution in [-0.4, -0.2) is 20.3 Å². The number of imidazole rings is 1. The van der Waals surface area contributed by atoms with Crippen molar-refractivity contribution in [3.05, 3.63) is 57.1 Å². The van der Waals surface area contributed by atoms with Crippen LogP contribution in [0.2, 0.25) is 0 Å². The summed E-state index contributed by atoms with van der Waals surface area (Å²) in [5, 5.41) is 7.31. The number of aryl methyl sites for hydroxylation is 1. The molecule has 0 saturated heterocycles. The summed E-state index contributed by atoms with van der Waals surface area (Å²) >= 11 is 6.33. The van der Waals surface area contributed by atoms with Crippen LogP contribution >= 0.6 is 38.6 Å². The van der Waals surface area contributed by atoms with Gasteiger partial charge in [0, 0.05) is 32.7 Å². The Bertz CT molecular complexity index is 1030. The quantitative estimate of drug-likeness (QED) is 0.517. The van der Waals surface area contributed by atoms with E-state index in [2.05, 4.69) is 31.2 Å². The number of amides is 1. The summed E-state index contributed by atoms with van der Waals surface area (Å²) in [6, 6.07) is 7.90. The number of hydrogen-bond donors (Lipinski definition) is 1. The van der Waals surface area contributed by atoms with Crippen molar-refractivity contribution in [1.82, 2.24) is 14.4 Å². The second-order valence-corrected chi connectivity index (χ2v) is 7.77. The van der Waals surface area contributed by atoms with E-state index in [1.54, 1.807) is 6.20 Å². The number of rotatable bonds is 3. The van der Waals surface area contributed by atoms with Crippen molar-refractivity contribution in [2.45, 2.75) is 6.92 Å². The fourth-order valence-electron chi connectivity index (χ4n) is 2.25. The van der Waals surface area contributed by atoms with Gasteiger partial charge in [-0.1, -0.05) is 28.1 Å². The second kappa shape index (κ2) is 6.12. The highest BCUT2D eigenvalue weighted by molar-refractivity contribution is 9.10. The number of nitrogens with zero attached hydrogens (tertiary/aromatic N) is 3. The SMILES string of the molecule is Cc1csc2nc(C(=O)Nc3nc(-c4ccc(Br)cc4)cs3)cn12. The number of carbonyl (C=O) groups excluding carboxylic acids is 1. The normalized spacial score (nSPS) is 11.1. The zero-order valence-corrected chi connectivity index (χ0v) is 15.7. The van der Waals surface area contributed by atoms with Crippen molar-refractivity contribution < 1.29 is 4.79 Å². The first-order chi connectivity index (χ1) is 11.6. The molecule has 0 fully saturated rings. The van der Waals surface area contributed by atoms with E-state index >= 15 is 0 Å². The van der Waals surface area contributed by atoms with E-state index in [4.69, 9.17) is 0 Å². The molecule has 24 heavy (non-hydrogen) atoms.